The van der Waals surface area contributed by atoms with E-state index < -0.39 is 11.4 Å². The second kappa shape index (κ2) is 9.04. The van der Waals surface area contributed by atoms with Crippen molar-refractivity contribution in [1.82, 2.24) is 4.57 Å². The van der Waals surface area contributed by atoms with Crippen LogP contribution in [0, 0.1) is 26.6 Å². The molecule has 2 heterocycles. The molecule has 0 bridgehead atoms. The summed E-state index contributed by atoms with van der Waals surface area (Å²) in [5.74, 6) is 0.390. The van der Waals surface area contributed by atoms with Crippen molar-refractivity contribution < 1.29 is 8.81 Å². The van der Waals surface area contributed by atoms with Crippen LogP contribution in [0.4, 0.5) is 15.8 Å². The van der Waals surface area contributed by atoms with Gasteiger partial charge < -0.3 is 14.3 Å². The predicted octanol–water partition coefficient (Wildman–Crippen LogP) is 6.63. The van der Waals surface area contributed by atoms with E-state index in [2.05, 4.69) is 17.4 Å². The van der Waals surface area contributed by atoms with Crippen LogP contribution in [0.2, 0.25) is 0 Å². The highest BCUT2D eigenvalue weighted by Gasteiger charge is 2.31. The van der Waals surface area contributed by atoms with Crippen molar-refractivity contribution in [2.75, 3.05) is 11.6 Å². The first-order chi connectivity index (χ1) is 16.8. The van der Waals surface area contributed by atoms with Crippen molar-refractivity contribution in [1.29, 1.82) is 0 Å². The zero-order valence-corrected chi connectivity index (χ0v) is 21.0. The van der Waals surface area contributed by atoms with Gasteiger partial charge >= 0.3 is 5.63 Å². The van der Waals surface area contributed by atoms with Gasteiger partial charge in [0.15, 0.2) is 5.58 Å². The maximum absolute atomic E-state index is 14.8. The molecule has 7 heteroatoms. The Morgan fingerprint density at radius 3 is 2.57 bits per heavy atom. The molecular weight excluding hydrogens is 463 g/mol. The van der Waals surface area contributed by atoms with Gasteiger partial charge in [-0.15, -0.1) is 0 Å². The first-order valence-corrected chi connectivity index (χ1v) is 13.0. The fourth-order valence-corrected chi connectivity index (χ4v) is 5.18. The van der Waals surface area contributed by atoms with E-state index in [9.17, 15) is 14.0 Å². The number of aryl methyl sites for hydroxylation is 1. The molecule has 0 radical (unpaired) electrons. The molecule has 0 atom stereocenters. The largest absolute Gasteiger partial charge is 0.421 e. The van der Waals surface area contributed by atoms with Crippen molar-refractivity contribution in [3.8, 4) is 11.1 Å². The van der Waals surface area contributed by atoms with Crippen LogP contribution in [0.5, 0.6) is 0 Å². The molecule has 1 fully saturated rings. The molecule has 1 N–H and O–H groups in total. The molecule has 35 heavy (non-hydrogen) atoms. The van der Waals surface area contributed by atoms with Crippen LogP contribution in [0.25, 0.3) is 22.1 Å². The standard InChI is InChI=1S/C28H27FN2O3S/c1-15-8-11-22(21(29)12-15)30-25-16(2)28(33)34-26-23(19-7-5-6-18(13-19)14-35-4)17(3)31(20-9-10-20)27(32)24(25)26/h5-8,11-13,20,30H,9-10,14H2,1-4H3. The normalized spacial score (nSPS) is 13.4. The van der Waals surface area contributed by atoms with Crippen molar-refractivity contribution in [3.63, 3.8) is 0 Å². The summed E-state index contributed by atoms with van der Waals surface area (Å²) < 4.78 is 22.4. The monoisotopic (exact) mass is 490 g/mol. The summed E-state index contributed by atoms with van der Waals surface area (Å²) in [6.45, 7) is 5.31. The minimum atomic E-state index is -0.558. The highest BCUT2D eigenvalue weighted by Crippen LogP contribution is 2.41. The molecule has 1 saturated carbocycles. The fourth-order valence-electron chi connectivity index (χ4n) is 4.67. The van der Waals surface area contributed by atoms with Gasteiger partial charge in [0.25, 0.3) is 5.56 Å². The molecule has 180 valence electrons. The van der Waals surface area contributed by atoms with Crippen molar-refractivity contribution >= 4 is 34.1 Å². The van der Waals surface area contributed by atoms with E-state index in [0.717, 1.165) is 46.5 Å². The molecule has 0 unspecified atom stereocenters. The van der Waals surface area contributed by atoms with Gasteiger partial charge in [0, 0.05) is 23.1 Å². The van der Waals surface area contributed by atoms with Gasteiger partial charge in [-0.3, -0.25) is 4.79 Å². The van der Waals surface area contributed by atoms with Crippen molar-refractivity contribution in [2.45, 2.75) is 45.4 Å². The minimum Gasteiger partial charge on any atom is -0.421 e. The Bertz CT molecular complexity index is 1580. The number of halogens is 1. The van der Waals surface area contributed by atoms with Gasteiger partial charge in [-0.05, 0) is 68.7 Å². The highest BCUT2D eigenvalue weighted by atomic mass is 32.2. The van der Waals surface area contributed by atoms with Crippen LogP contribution >= 0.6 is 11.8 Å². The van der Waals surface area contributed by atoms with Crippen molar-refractivity contribution in [2.24, 2.45) is 0 Å². The number of nitrogens with one attached hydrogen (secondary N) is 1. The SMILES string of the molecule is CSCc1cccc(-c2c(C)n(C3CC3)c(=O)c3c(Nc4ccc(C)cc4F)c(C)c(=O)oc23)c1. The second-order valence-corrected chi connectivity index (χ2v) is 10.1. The van der Waals surface area contributed by atoms with Crippen LogP contribution in [-0.4, -0.2) is 10.8 Å². The average molecular weight is 491 g/mol. The Labute approximate surface area is 207 Å². The first kappa shape index (κ1) is 23.4. The van der Waals surface area contributed by atoms with Gasteiger partial charge in [0.1, 0.15) is 11.2 Å². The number of anilines is 2. The molecule has 5 nitrogen and oxygen atoms in total. The molecule has 4 aromatic rings. The number of nitrogens with zero attached hydrogens (tertiary/aromatic N) is 1. The van der Waals surface area contributed by atoms with Crippen LogP contribution in [-0.2, 0) is 5.75 Å². The van der Waals surface area contributed by atoms with E-state index in [1.165, 1.54) is 6.07 Å². The van der Waals surface area contributed by atoms with Gasteiger partial charge in [0.2, 0.25) is 0 Å². The summed E-state index contributed by atoms with van der Waals surface area (Å²) in [6, 6.07) is 13.0. The Hall–Kier alpha value is -3.32. The summed E-state index contributed by atoms with van der Waals surface area (Å²) in [7, 11) is 0. The van der Waals surface area contributed by atoms with E-state index in [0.29, 0.717) is 5.69 Å². The third kappa shape index (κ3) is 4.18. The Kier molecular flexibility index (Phi) is 6.05. The lowest BCUT2D eigenvalue weighted by Gasteiger charge is -2.19. The number of aromatic nitrogens is 1. The van der Waals surface area contributed by atoms with Crippen LogP contribution in [0.15, 0.2) is 56.5 Å². The second-order valence-electron chi connectivity index (χ2n) is 9.20. The zero-order chi connectivity index (χ0) is 24.9. The van der Waals surface area contributed by atoms with E-state index in [4.69, 9.17) is 4.42 Å². The van der Waals surface area contributed by atoms with E-state index in [1.807, 2.05) is 29.9 Å². The number of fused-ring (bicyclic) bond motifs is 1. The highest BCUT2D eigenvalue weighted by molar-refractivity contribution is 7.97. The van der Waals surface area contributed by atoms with E-state index in [1.54, 1.807) is 37.7 Å². The smallest absolute Gasteiger partial charge is 0.341 e. The molecule has 0 spiro atoms. The molecule has 5 rings (SSSR count). The number of thioether (sulfide) groups is 1. The summed E-state index contributed by atoms with van der Waals surface area (Å²) in [5.41, 5.74) is 4.47. The number of benzene rings is 2. The van der Waals surface area contributed by atoms with Gasteiger partial charge in [-0.25, -0.2) is 9.18 Å². The minimum absolute atomic E-state index is 0.108. The van der Waals surface area contributed by atoms with Gasteiger partial charge in [0.05, 0.1) is 16.9 Å². The summed E-state index contributed by atoms with van der Waals surface area (Å²) in [5, 5.41) is 3.33. The Balaban J connectivity index is 1.86. The van der Waals surface area contributed by atoms with E-state index >= 15 is 0 Å². The number of hydrogen-bond acceptors (Lipinski definition) is 5. The van der Waals surface area contributed by atoms with E-state index in [-0.39, 0.29) is 33.8 Å². The quantitative estimate of drug-likeness (QED) is 0.329. The van der Waals surface area contributed by atoms with Crippen LogP contribution in [0.1, 0.15) is 41.3 Å². The Morgan fingerprint density at radius 1 is 1.11 bits per heavy atom. The Morgan fingerprint density at radius 2 is 1.89 bits per heavy atom. The van der Waals surface area contributed by atoms with Crippen LogP contribution < -0.4 is 16.5 Å². The third-order valence-corrected chi connectivity index (χ3v) is 7.18. The molecule has 1 aliphatic rings. The lowest BCUT2D eigenvalue weighted by Crippen LogP contribution is -2.25. The number of rotatable bonds is 6. The first-order valence-electron chi connectivity index (χ1n) is 11.6. The third-order valence-electron chi connectivity index (χ3n) is 6.56. The topological polar surface area (TPSA) is 64.2 Å². The molecule has 0 saturated heterocycles. The van der Waals surface area contributed by atoms with Gasteiger partial charge in [-0.2, -0.15) is 11.8 Å². The fraction of sp³-hybridized carbons (Fsp3) is 0.286. The van der Waals surface area contributed by atoms with Crippen LogP contribution in [0.3, 0.4) is 0 Å². The molecule has 2 aromatic carbocycles. The average Bonchev–Trinajstić information content (AvgIpc) is 3.64. The number of pyridine rings is 1. The molecule has 0 amide bonds. The molecule has 0 aliphatic heterocycles. The molecule has 2 aromatic heterocycles. The van der Waals surface area contributed by atoms with Crippen molar-refractivity contribution in [3.05, 3.63) is 91.4 Å². The summed E-state index contributed by atoms with van der Waals surface area (Å²) >= 11 is 1.72. The lowest BCUT2D eigenvalue weighted by atomic mass is 9.98. The maximum atomic E-state index is 14.8. The summed E-state index contributed by atoms with van der Waals surface area (Å²) in [4.78, 5) is 26.8. The predicted molar refractivity (Wildman–Crippen MR) is 142 cm³/mol. The summed E-state index contributed by atoms with van der Waals surface area (Å²) in [6.07, 6.45) is 3.89. The number of hydrogen-bond donors (Lipinski definition) is 1. The zero-order valence-electron chi connectivity index (χ0n) is 20.2. The molecular formula is C28H27FN2O3S. The van der Waals surface area contributed by atoms with Gasteiger partial charge in [-0.1, -0.05) is 30.3 Å². The molecule has 1 aliphatic carbocycles. The lowest BCUT2D eigenvalue weighted by molar-refractivity contribution is 0.553. The maximum Gasteiger partial charge on any atom is 0.341 e.